The molecule has 1 aliphatic rings. The highest BCUT2D eigenvalue weighted by molar-refractivity contribution is 7.98. The number of benzene rings is 1. The minimum Gasteiger partial charge on any atom is -0.310 e. The smallest absolute Gasteiger partial charge is 0.254 e. The molecule has 2 aromatic rings. The molecule has 1 aromatic carbocycles. The van der Waals surface area contributed by atoms with Gasteiger partial charge in [0.15, 0.2) is 0 Å². The van der Waals surface area contributed by atoms with Crippen LogP contribution in [0.3, 0.4) is 0 Å². The van der Waals surface area contributed by atoms with E-state index in [-0.39, 0.29) is 5.56 Å². The number of thioether (sulfide) groups is 1. The Bertz CT molecular complexity index is 669. The molecule has 0 saturated carbocycles. The minimum absolute atomic E-state index is 0.0252. The topological polar surface area (TPSA) is 45.8 Å². The van der Waals surface area contributed by atoms with E-state index < -0.39 is 0 Å². The van der Waals surface area contributed by atoms with Gasteiger partial charge in [-0.3, -0.25) is 4.79 Å². The molecule has 3 rings (SSSR count). The van der Waals surface area contributed by atoms with Gasteiger partial charge in [-0.15, -0.1) is 11.8 Å². The summed E-state index contributed by atoms with van der Waals surface area (Å²) in [6.45, 7) is 0. The lowest BCUT2D eigenvalue weighted by Gasteiger charge is -2.05. The highest BCUT2D eigenvalue weighted by Gasteiger charge is 2.17. The van der Waals surface area contributed by atoms with E-state index in [0.29, 0.717) is 5.75 Å². The number of fused-ring (bicyclic) bond motifs is 1. The highest BCUT2D eigenvalue weighted by atomic mass is 35.5. The molecule has 1 heterocycles. The van der Waals surface area contributed by atoms with Crippen molar-refractivity contribution in [1.29, 1.82) is 0 Å². The van der Waals surface area contributed by atoms with E-state index >= 15 is 0 Å². The maximum atomic E-state index is 11.9. The van der Waals surface area contributed by atoms with Crippen LogP contribution in [0.15, 0.2) is 34.0 Å². The Labute approximate surface area is 120 Å². The number of nitrogens with zero attached hydrogens (tertiary/aromatic N) is 1. The molecular formula is C14H13ClN2OS. The predicted molar refractivity (Wildman–Crippen MR) is 77.9 cm³/mol. The van der Waals surface area contributed by atoms with Crippen molar-refractivity contribution >= 4 is 23.4 Å². The Hall–Kier alpha value is -1.26. The number of rotatable bonds is 3. The van der Waals surface area contributed by atoms with E-state index in [1.165, 1.54) is 0 Å². The number of nitrogens with one attached hydrogen (secondary N) is 1. The van der Waals surface area contributed by atoms with Gasteiger partial charge in [-0.05, 0) is 31.4 Å². The standard InChI is InChI=1S/C14H13ClN2OS/c15-10-5-1-2-7-12(10)19-8-13-16-11-6-3-4-9(11)14(18)17-13/h1-2,5,7H,3-4,6,8H2,(H,16,17,18). The van der Waals surface area contributed by atoms with E-state index in [4.69, 9.17) is 11.6 Å². The third-order valence-electron chi connectivity index (χ3n) is 3.19. The summed E-state index contributed by atoms with van der Waals surface area (Å²) in [5.74, 6) is 1.36. The molecule has 0 saturated heterocycles. The minimum atomic E-state index is 0.0252. The second-order valence-corrected chi connectivity index (χ2v) is 5.93. The van der Waals surface area contributed by atoms with Crippen LogP contribution in [0.2, 0.25) is 5.02 Å². The molecule has 3 nitrogen and oxygen atoms in total. The van der Waals surface area contributed by atoms with Gasteiger partial charge in [0.05, 0.1) is 16.5 Å². The van der Waals surface area contributed by atoms with Gasteiger partial charge in [0.25, 0.3) is 5.56 Å². The fraction of sp³-hybridized carbons (Fsp3) is 0.286. The normalized spacial score (nSPS) is 13.5. The molecule has 19 heavy (non-hydrogen) atoms. The first-order chi connectivity index (χ1) is 9.24. The zero-order chi connectivity index (χ0) is 13.2. The fourth-order valence-corrected chi connectivity index (χ4v) is 3.38. The molecule has 0 amide bonds. The van der Waals surface area contributed by atoms with Crippen molar-refractivity contribution in [2.24, 2.45) is 0 Å². The average molecular weight is 293 g/mol. The summed E-state index contributed by atoms with van der Waals surface area (Å²) in [6, 6.07) is 7.69. The fourth-order valence-electron chi connectivity index (χ4n) is 2.27. The first-order valence-corrected chi connectivity index (χ1v) is 7.58. The summed E-state index contributed by atoms with van der Waals surface area (Å²) in [7, 11) is 0. The Morgan fingerprint density at radius 2 is 2.16 bits per heavy atom. The van der Waals surface area contributed by atoms with Crippen LogP contribution < -0.4 is 5.56 Å². The molecule has 0 atom stereocenters. The molecule has 0 fully saturated rings. The summed E-state index contributed by atoms with van der Waals surface area (Å²) < 4.78 is 0. The third kappa shape index (κ3) is 2.69. The Balaban J connectivity index is 1.80. The average Bonchev–Trinajstić information content (AvgIpc) is 2.87. The number of hydrogen-bond donors (Lipinski definition) is 1. The Morgan fingerprint density at radius 3 is 3.00 bits per heavy atom. The predicted octanol–water partition coefficient (Wildman–Crippen LogP) is 3.20. The Kier molecular flexibility index (Phi) is 3.62. The van der Waals surface area contributed by atoms with Crippen LogP contribution in [0.1, 0.15) is 23.5 Å². The van der Waals surface area contributed by atoms with E-state index in [0.717, 1.165) is 46.3 Å². The van der Waals surface area contributed by atoms with E-state index in [1.807, 2.05) is 24.3 Å². The molecule has 5 heteroatoms. The van der Waals surface area contributed by atoms with Crippen molar-refractivity contribution < 1.29 is 0 Å². The van der Waals surface area contributed by atoms with E-state index in [1.54, 1.807) is 11.8 Å². The molecule has 1 N–H and O–H groups in total. The largest absolute Gasteiger partial charge is 0.310 e. The van der Waals surface area contributed by atoms with Gasteiger partial charge in [-0.25, -0.2) is 4.98 Å². The van der Waals surface area contributed by atoms with Crippen LogP contribution in [0.25, 0.3) is 0 Å². The maximum Gasteiger partial charge on any atom is 0.254 e. The van der Waals surface area contributed by atoms with Gasteiger partial charge < -0.3 is 4.98 Å². The van der Waals surface area contributed by atoms with Crippen LogP contribution in [0.4, 0.5) is 0 Å². The van der Waals surface area contributed by atoms with Crippen molar-refractivity contribution in [2.75, 3.05) is 0 Å². The summed E-state index contributed by atoms with van der Waals surface area (Å²) in [4.78, 5) is 20.3. The van der Waals surface area contributed by atoms with Crippen molar-refractivity contribution in [3.8, 4) is 0 Å². The van der Waals surface area contributed by atoms with Crippen LogP contribution in [-0.4, -0.2) is 9.97 Å². The lowest BCUT2D eigenvalue weighted by Crippen LogP contribution is -2.16. The third-order valence-corrected chi connectivity index (χ3v) is 4.72. The SMILES string of the molecule is O=c1[nH]c(CSc2ccccc2Cl)nc2c1CCC2. The quantitative estimate of drug-likeness (QED) is 0.884. The zero-order valence-corrected chi connectivity index (χ0v) is 11.9. The number of aromatic amines is 1. The molecular weight excluding hydrogens is 280 g/mol. The first-order valence-electron chi connectivity index (χ1n) is 6.22. The van der Waals surface area contributed by atoms with Crippen LogP contribution >= 0.6 is 23.4 Å². The second kappa shape index (κ2) is 5.39. The van der Waals surface area contributed by atoms with Gasteiger partial charge >= 0.3 is 0 Å². The highest BCUT2D eigenvalue weighted by Crippen LogP contribution is 2.28. The monoisotopic (exact) mass is 292 g/mol. The number of H-pyrrole nitrogens is 1. The summed E-state index contributed by atoms with van der Waals surface area (Å²) in [5, 5.41) is 0.732. The molecule has 1 aromatic heterocycles. The molecule has 98 valence electrons. The molecule has 0 bridgehead atoms. The van der Waals surface area contributed by atoms with Crippen LogP contribution in [0.5, 0.6) is 0 Å². The number of aromatic nitrogens is 2. The van der Waals surface area contributed by atoms with Crippen molar-refractivity contribution in [3.05, 3.63) is 56.7 Å². The van der Waals surface area contributed by atoms with Gasteiger partial charge in [0.1, 0.15) is 5.82 Å². The first kappa shape index (κ1) is 12.8. The van der Waals surface area contributed by atoms with Crippen LogP contribution in [-0.2, 0) is 18.6 Å². The summed E-state index contributed by atoms with van der Waals surface area (Å²) in [5.41, 5.74) is 1.86. The van der Waals surface area contributed by atoms with Crippen molar-refractivity contribution in [2.45, 2.75) is 29.9 Å². The van der Waals surface area contributed by atoms with Gasteiger partial charge in [0, 0.05) is 10.5 Å². The molecule has 0 spiro atoms. The van der Waals surface area contributed by atoms with Crippen molar-refractivity contribution in [1.82, 2.24) is 9.97 Å². The number of aryl methyl sites for hydroxylation is 1. The maximum absolute atomic E-state index is 11.9. The summed E-state index contributed by atoms with van der Waals surface area (Å²) in [6.07, 6.45) is 2.81. The van der Waals surface area contributed by atoms with E-state index in [2.05, 4.69) is 9.97 Å². The molecule has 1 aliphatic carbocycles. The Morgan fingerprint density at radius 1 is 1.32 bits per heavy atom. The van der Waals surface area contributed by atoms with Crippen LogP contribution in [0, 0.1) is 0 Å². The zero-order valence-electron chi connectivity index (χ0n) is 10.3. The lowest BCUT2D eigenvalue weighted by atomic mass is 10.2. The molecule has 0 aliphatic heterocycles. The number of hydrogen-bond acceptors (Lipinski definition) is 3. The van der Waals surface area contributed by atoms with Gasteiger partial charge in [-0.1, -0.05) is 23.7 Å². The molecule has 0 unspecified atom stereocenters. The second-order valence-electron chi connectivity index (χ2n) is 4.51. The molecule has 0 radical (unpaired) electrons. The van der Waals surface area contributed by atoms with E-state index in [9.17, 15) is 4.79 Å². The lowest BCUT2D eigenvalue weighted by molar-refractivity contribution is 0.893. The van der Waals surface area contributed by atoms with Crippen molar-refractivity contribution in [3.63, 3.8) is 0 Å². The summed E-state index contributed by atoms with van der Waals surface area (Å²) >= 11 is 7.69. The van der Waals surface area contributed by atoms with Gasteiger partial charge in [0.2, 0.25) is 0 Å². The van der Waals surface area contributed by atoms with Gasteiger partial charge in [-0.2, -0.15) is 0 Å². The number of halogens is 1.